The molecular formula is C22H21NO3. The lowest BCUT2D eigenvalue weighted by Crippen LogP contribution is -2.29. The van der Waals surface area contributed by atoms with E-state index in [1.165, 1.54) is 28.3 Å². The smallest absolute Gasteiger partial charge is 0.325 e. The Balaban J connectivity index is 1.56. The number of ether oxygens (including phenoxy) is 1. The average molecular weight is 347 g/mol. The largest absolute Gasteiger partial charge is 0.465 e. The molecule has 0 bridgehead atoms. The summed E-state index contributed by atoms with van der Waals surface area (Å²) >= 11 is 0. The number of carbonyl (C=O) groups is 2. The lowest BCUT2D eigenvalue weighted by Gasteiger charge is -2.02. The number of carbonyl (C=O) groups excluding carboxylic acids is 2. The third-order valence-corrected chi connectivity index (χ3v) is 4.18. The number of rotatable bonds is 6. The molecule has 132 valence electrons. The van der Waals surface area contributed by atoms with Crippen LogP contribution in [0.4, 0.5) is 0 Å². The maximum atomic E-state index is 11.6. The molecule has 4 heteroatoms. The first kappa shape index (κ1) is 17.7. The fourth-order valence-corrected chi connectivity index (χ4v) is 3.01. The van der Waals surface area contributed by atoms with Crippen LogP contribution < -0.4 is 5.32 Å². The van der Waals surface area contributed by atoms with Crippen LogP contribution in [0.3, 0.4) is 0 Å². The molecule has 0 fully saturated rings. The van der Waals surface area contributed by atoms with Gasteiger partial charge in [-0.25, -0.2) is 0 Å². The van der Waals surface area contributed by atoms with Crippen molar-refractivity contribution in [1.29, 1.82) is 0 Å². The zero-order chi connectivity index (χ0) is 18.4. The number of allylic oxidation sites excluding steroid dienone is 2. The average Bonchev–Trinajstić information content (AvgIpc) is 3.01. The Bertz CT molecular complexity index is 881. The first-order chi connectivity index (χ1) is 12.7. The van der Waals surface area contributed by atoms with Crippen LogP contribution in [-0.4, -0.2) is 25.0 Å². The monoisotopic (exact) mass is 347 g/mol. The molecule has 0 heterocycles. The third-order valence-electron chi connectivity index (χ3n) is 4.18. The molecule has 0 saturated carbocycles. The molecular weight excluding hydrogens is 326 g/mol. The van der Waals surface area contributed by atoms with Crippen molar-refractivity contribution in [2.45, 2.75) is 13.3 Å². The topological polar surface area (TPSA) is 55.4 Å². The summed E-state index contributed by atoms with van der Waals surface area (Å²) in [7, 11) is 0. The molecule has 0 saturated heterocycles. The minimum absolute atomic E-state index is 0.119. The Morgan fingerprint density at radius 1 is 1.08 bits per heavy atom. The Hall–Kier alpha value is -3.14. The molecule has 0 spiro atoms. The van der Waals surface area contributed by atoms with E-state index in [9.17, 15) is 9.59 Å². The van der Waals surface area contributed by atoms with Crippen LogP contribution in [0, 0.1) is 0 Å². The maximum absolute atomic E-state index is 11.6. The van der Waals surface area contributed by atoms with Gasteiger partial charge in [0, 0.05) is 6.08 Å². The van der Waals surface area contributed by atoms with E-state index in [2.05, 4.69) is 47.8 Å². The van der Waals surface area contributed by atoms with Crippen molar-refractivity contribution < 1.29 is 14.3 Å². The van der Waals surface area contributed by atoms with E-state index in [0.29, 0.717) is 6.61 Å². The van der Waals surface area contributed by atoms with Gasteiger partial charge in [0.15, 0.2) is 0 Å². The molecule has 2 aromatic carbocycles. The minimum atomic E-state index is -0.441. The Morgan fingerprint density at radius 3 is 2.73 bits per heavy atom. The molecule has 0 radical (unpaired) electrons. The van der Waals surface area contributed by atoms with E-state index in [0.717, 1.165) is 12.0 Å². The fraction of sp³-hybridized carbons (Fsp3) is 0.182. The Morgan fingerprint density at radius 2 is 1.88 bits per heavy atom. The van der Waals surface area contributed by atoms with Crippen LogP contribution in [0.2, 0.25) is 0 Å². The number of hydrogen-bond acceptors (Lipinski definition) is 3. The van der Waals surface area contributed by atoms with Crippen molar-refractivity contribution in [2.75, 3.05) is 13.2 Å². The quantitative estimate of drug-likeness (QED) is 0.422. The van der Waals surface area contributed by atoms with E-state index in [-0.39, 0.29) is 12.5 Å². The zero-order valence-electron chi connectivity index (χ0n) is 14.7. The van der Waals surface area contributed by atoms with Crippen LogP contribution in [0.5, 0.6) is 0 Å². The van der Waals surface area contributed by atoms with Gasteiger partial charge >= 0.3 is 5.97 Å². The second-order valence-electron chi connectivity index (χ2n) is 5.99. The van der Waals surface area contributed by atoms with Gasteiger partial charge in [-0.3, -0.25) is 9.59 Å². The van der Waals surface area contributed by atoms with Crippen molar-refractivity contribution in [3.8, 4) is 11.1 Å². The number of esters is 1. The molecule has 26 heavy (non-hydrogen) atoms. The number of fused-ring (bicyclic) bond motifs is 3. The molecule has 0 aromatic heterocycles. The Kier molecular flexibility index (Phi) is 5.64. The SMILES string of the molecule is CCOC(=O)CNC(=O)/C=C/C=C/c1ccc2c(c1)Cc1ccccc1-2. The summed E-state index contributed by atoms with van der Waals surface area (Å²) < 4.78 is 4.74. The lowest BCUT2D eigenvalue weighted by atomic mass is 10.0. The van der Waals surface area contributed by atoms with Crippen LogP contribution in [0.1, 0.15) is 23.6 Å². The highest BCUT2D eigenvalue weighted by Gasteiger charge is 2.17. The molecule has 1 aliphatic rings. The van der Waals surface area contributed by atoms with Gasteiger partial charge in [0.1, 0.15) is 6.54 Å². The number of benzene rings is 2. The van der Waals surface area contributed by atoms with E-state index in [1.54, 1.807) is 13.0 Å². The summed E-state index contributed by atoms with van der Waals surface area (Å²) in [5.74, 6) is -0.768. The van der Waals surface area contributed by atoms with E-state index < -0.39 is 5.97 Å². The molecule has 3 rings (SSSR count). The summed E-state index contributed by atoms with van der Waals surface area (Å²) in [6, 6.07) is 14.9. The normalized spacial score (nSPS) is 12.2. The maximum Gasteiger partial charge on any atom is 0.325 e. The van der Waals surface area contributed by atoms with Gasteiger partial charge in [-0.05, 0) is 41.2 Å². The van der Waals surface area contributed by atoms with Crippen LogP contribution in [0.25, 0.3) is 17.2 Å². The molecule has 1 aliphatic carbocycles. The van der Waals surface area contributed by atoms with Gasteiger partial charge in [-0.2, -0.15) is 0 Å². The van der Waals surface area contributed by atoms with Crippen molar-refractivity contribution >= 4 is 18.0 Å². The van der Waals surface area contributed by atoms with Crippen molar-refractivity contribution in [3.63, 3.8) is 0 Å². The number of amides is 1. The third kappa shape index (κ3) is 4.28. The number of hydrogen-bond donors (Lipinski definition) is 1. The highest BCUT2D eigenvalue weighted by Crippen LogP contribution is 2.36. The second-order valence-corrected chi connectivity index (χ2v) is 5.99. The predicted octanol–water partition coefficient (Wildman–Crippen LogP) is 3.51. The van der Waals surface area contributed by atoms with Crippen molar-refractivity contribution in [3.05, 3.63) is 77.4 Å². The minimum Gasteiger partial charge on any atom is -0.465 e. The van der Waals surface area contributed by atoms with Gasteiger partial charge < -0.3 is 10.1 Å². The predicted molar refractivity (Wildman–Crippen MR) is 103 cm³/mol. The summed E-state index contributed by atoms with van der Waals surface area (Å²) in [5.41, 5.74) is 6.39. The molecule has 0 atom stereocenters. The van der Waals surface area contributed by atoms with Crippen molar-refractivity contribution in [1.82, 2.24) is 5.32 Å². The van der Waals surface area contributed by atoms with E-state index >= 15 is 0 Å². The molecule has 0 unspecified atom stereocenters. The molecule has 1 amide bonds. The summed E-state index contributed by atoms with van der Waals surface area (Å²) in [5, 5.41) is 2.48. The lowest BCUT2D eigenvalue weighted by molar-refractivity contribution is -0.143. The van der Waals surface area contributed by atoms with E-state index in [4.69, 9.17) is 4.74 Å². The van der Waals surface area contributed by atoms with Crippen LogP contribution >= 0.6 is 0 Å². The van der Waals surface area contributed by atoms with Gasteiger partial charge in [0.25, 0.3) is 0 Å². The standard InChI is InChI=1S/C22H21NO3/c1-2-26-22(25)15-23-21(24)10-6-3-7-16-11-12-20-18(13-16)14-17-8-4-5-9-19(17)20/h3-13H,2,14-15H2,1H3,(H,23,24)/b7-3+,10-6+. The summed E-state index contributed by atoms with van der Waals surface area (Å²) in [6.45, 7) is 1.91. The molecule has 4 nitrogen and oxygen atoms in total. The van der Waals surface area contributed by atoms with Crippen LogP contribution in [-0.2, 0) is 20.7 Å². The first-order valence-corrected chi connectivity index (χ1v) is 8.67. The molecule has 0 aliphatic heterocycles. The second kappa shape index (κ2) is 8.30. The number of nitrogens with one attached hydrogen (secondary N) is 1. The molecule has 2 aromatic rings. The van der Waals surface area contributed by atoms with Crippen LogP contribution in [0.15, 0.2) is 60.7 Å². The van der Waals surface area contributed by atoms with Gasteiger partial charge in [-0.1, -0.05) is 60.7 Å². The van der Waals surface area contributed by atoms with E-state index in [1.807, 2.05) is 12.2 Å². The molecule has 1 N–H and O–H groups in total. The summed E-state index contributed by atoms with van der Waals surface area (Å²) in [6.07, 6.45) is 7.77. The van der Waals surface area contributed by atoms with Crippen molar-refractivity contribution in [2.24, 2.45) is 0 Å². The first-order valence-electron chi connectivity index (χ1n) is 8.67. The Labute approximate surface area is 153 Å². The zero-order valence-corrected chi connectivity index (χ0v) is 14.7. The van der Waals surface area contributed by atoms with Gasteiger partial charge in [0.05, 0.1) is 6.61 Å². The highest BCUT2D eigenvalue weighted by molar-refractivity contribution is 5.90. The highest BCUT2D eigenvalue weighted by atomic mass is 16.5. The van der Waals surface area contributed by atoms with Gasteiger partial charge in [-0.15, -0.1) is 0 Å². The van der Waals surface area contributed by atoms with Gasteiger partial charge in [0.2, 0.25) is 5.91 Å². The fourth-order valence-electron chi connectivity index (χ4n) is 3.01. The summed E-state index contributed by atoms with van der Waals surface area (Å²) in [4.78, 5) is 22.8.